The number of hydrazone groups is 1. The molecule has 2 aromatic carbocycles. The Kier molecular flexibility index (Phi) is 3.71. The summed E-state index contributed by atoms with van der Waals surface area (Å²) in [4.78, 5) is 0. The van der Waals surface area contributed by atoms with E-state index in [0.717, 1.165) is 21.1 Å². The number of halogens is 2. The molecule has 19 heavy (non-hydrogen) atoms. The fourth-order valence-corrected chi connectivity index (χ4v) is 2.68. The molecule has 0 radical (unpaired) electrons. The molecule has 1 unspecified atom stereocenters. The second-order valence-corrected chi connectivity index (χ2v) is 6.33. The summed E-state index contributed by atoms with van der Waals surface area (Å²) in [5.74, 6) is 0. The molecule has 1 aliphatic rings. The van der Waals surface area contributed by atoms with Crippen molar-refractivity contribution in [2.24, 2.45) is 5.10 Å². The Morgan fingerprint density at radius 1 is 0.895 bits per heavy atom. The van der Waals surface area contributed by atoms with Crippen LogP contribution in [0.15, 0.2) is 62.6 Å². The monoisotopic (exact) mass is 378 g/mol. The Bertz CT molecular complexity index is 603. The van der Waals surface area contributed by atoms with Crippen molar-refractivity contribution in [1.82, 2.24) is 5.43 Å². The summed E-state index contributed by atoms with van der Waals surface area (Å²) >= 11 is 6.91. The molecule has 0 aliphatic carbocycles. The minimum Gasteiger partial charge on any atom is -0.302 e. The number of hydrogen-bond acceptors (Lipinski definition) is 2. The summed E-state index contributed by atoms with van der Waals surface area (Å²) in [5, 5.41) is 4.46. The fourth-order valence-electron chi connectivity index (χ4n) is 2.15. The topological polar surface area (TPSA) is 24.4 Å². The van der Waals surface area contributed by atoms with E-state index < -0.39 is 0 Å². The number of hydrogen-bond donors (Lipinski definition) is 1. The second kappa shape index (κ2) is 5.47. The van der Waals surface area contributed by atoms with Gasteiger partial charge in [-0.05, 0) is 35.4 Å². The highest BCUT2D eigenvalue weighted by Crippen LogP contribution is 2.26. The highest BCUT2D eigenvalue weighted by molar-refractivity contribution is 9.10. The molecular weight excluding hydrogens is 368 g/mol. The van der Waals surface area contributed by atoms with Gasteiger partial charge in [0.2, 0.25) is 0 Å². The zero-order valence-corrected chi connectivity index (χ0v) is 13.3. The number of benzene rings is 2. The van der Waals surface area contributed by atoms with Crippen molar-refractivity contribution in [3.63, 3.8) is 0 Å². The molecule has 96 valence electrons. The van der Waals surface area contributed by atoms with E-state index in [1.165, 1.54) is 11.1 Å². The van der Waals surface area contributed by atoms with Gasteiger partial charge in [-0.1, -0.05) is 56.1 Å². The third-order valence-corrected chi connectivity index (χ3v) is 4.26. The standard InChI is InChI=1S/C15H12Br2N2/c16-12-5-1-10(2-6-12)14-9-15(19-18-14)11-3-7-13(17)8-4-11/h1-8,14,18H,9H2. The lowest BCUT2D eigenvalue weighted by Crippen LogP contribution is -2.09. The van der Waals surface area contributed by atoms with E-state index in [4.69, 9.17) is 0 Å². The van der Waals surface area contributed by atoms with Crippen molar-refractivity contribution in [1.29, 1.82) is 0 Å². The van der Waals surface area contributed by atoms with E-state index >= 15 is 0 Å². The van der Waals surface area contributed by atoms with Crippen LogP contribution in [0.3, 0.4) is 0 Å². The SMILES string of the molecule is Brc1ccc(C2=NNC(c3ccc(Br)cc3)C2)cc1. The molecule has 3 rings (SSSR count). The quantitative estimate of drug-likeness (QED) is 0.806. The minimum atomic E-state index is 0.270. The third-order valence-electron chi connectivity index (χ3n) is 3.20. The first kappa shape index (κ1) is 12.9. The van der Waals surface area contributed by atoms with Gasteiger partial charge < -0.3 is 5.43 Å². The lowest BCUT2D eigenvalue weighted by Gasteiger charge is -2.10. The second-order valence-electron chi connectivity index (χ2n) is 4.50. The molecule has 0 amide bonds. The maximum absolute atomic E-state index is 4.46. The molecule has 0 aromatic heterocycles. The Morgan fingerprint density at radius 3 is 2.11 bits per heavy atom. The Labute approximate surface area is 129 Å². The van der Waals surface area contributed by atoms with E-state index in [1.807, 2.05) is 12.1 Å². The van der Waals surface area contributed by atoms with Crippen LogP contribution in [-0.2, 0) is 0 Å². The van der Waals surface area contributed by atoms with Crippen molar-refractivity contribution < 1.29 is 0 Å². The van der Waals surface area contributed by atoms with E-state index in [0.29, 0.717) is 0 Å². The van der Waals surface area contributed by atoms with Crippen LogP contribution in [-0.4, -0.2) is 5.71 Å². The van der Waals surface area contributed by atoms with Crippen LogP contribution in [0.4, 0.5) is 0 Å². The summed E-state index contributed by atoms with van der Waals surface area (Å²) in [6.45, 7) is 0. The Morgan fingerprint density at radius 2 is 1.47 bits per heavy atom. The van der Waals surface area contributed by atoms with E-state index in [-0.39, 0.29) is 6.04 Å². The summed E-state index contributed by atoms with van der Waals surface area (Å²) in [7, 11) is 0. The molecule has 2 aromatic rings. The number of rotatable bonds is 2. The van der Waals surface area contributed by atoms with Gasteiger partial charge in [0.1, 0.15) is 0 Å². The Balaban J connectivity index is 1.76. The van der Waals surface area contributed by atoms with Gasteiger partial charge in [0.15, 0.2) is 0 Å². The minimum absolute atomic E-state index is 0.270. The number of nitrogens with one attached hydrogen (secondary N) is 1. The molecule has 1 heterocycles. The lowest BCUT2D eigenvalue weighted by atomic mass is 9.99. The third kappa shape index (κ3) is 2.90. The normalized spacial score (nSPS) is 18.0. The van der Waals surface area contributed by atoms with Crippen LogP contribution in [0.1, 0.15) is 23.6 Å². The molecule has 2 nitrogen and oxygen atoms in total. The largest absolute Gasteiger partial charge is 0.302 e. The predicted molar refractivity (Wildman–Crippen MR) is 85.3 cm³/mol. The average molecular weight is 380 g/mol. The summed E-state index contributed by atoms with van der Waals surface area (Å²) in [6.07, 6.45) is 0.920. The highest BCUT2D eigenvalue weighted by Gasteiger charge is 2.20. The fraction of sp³-hybridized carbons (Fsp3) is 0.133. The maximum Gasteiger partial charge on any atom is 0.0745 e. The van der Waals surface area contributed by atoms with Crippen molar-refractivity contribution in [3.8, 4) is 0 Å². The van der Waals surface area contributed by atoms with Gasteiger partial charge >= 0.3 is 0 Å². The van der Waals surface area contributed by atoms with Gasteiger partial charge in [-0.15, -0.1) is 0 Å². The van der Waals surface area contributed by atoms with Crippen LogP contribution in [0.5, 0.6) is 0 Å². The molecule has 0 fully saturated rings. The predicted octanol–water partition coefficient (Wildman–Crippen LogP) is 4.65. The van der Waals surface area contributed by atoms with E-state index in [1.54, 1.807) is 0 Å². The van der Waals surface area contributed by atoms with Gasteiger partial charge in [-0.25, -0.2) is 0 Å². The lowest BCUT2D eigenvalue weighted by molar-refractivity contribution is 0.620. The first-order valence-electron chi connectivity index (χ1n) is 6.06. The van der Waals surface area contributed by atoms with Gasteiger partial charge in [-0.2, -0.15) is 5.10 Å². The molecule has 1 aliphatic heterocycles. The van der Waals surface area contributed by atoms with Crippen LogP contribution in [0.25, 0.3) is 0 Å². The molecule has 1 N–H and O–H groups in total. The van der Waals surface area contributed by atoms with E-state index in [9.17, 15) is 0 Å². The molecule has 0 saturated carbocycles. The van der Waals surface area contributed by atoms with Gasteiger partial charge in [0.05, 0.1) is 11.8 Å². The zero-order chi connectivity index (χ0) is 13.2. The Hall–Kier alpha value is -1.13. The molecule has 4 heteroatoms. The smallest absolute Gasteiger partial charge is 0.0745 e. The van der Waals surface area contributed by atoms with E-state index in [2.05, 4.69) is 78.8 Å². The zero-order valence-electron chi connectivity index (χ0n) is 10.1. The maximum atomic E-state index is 4.46. The average Bonchev–Trinajstić information content (AvgIpc) is 2.90. The summed E-state index contributed by atoms with van der Waals surface area (Å²) in [5.41, 5.74) is 6.77. The molecule has 0 bridgehead atoms. The van der Waals surface area contributed by atoms with Crippen LogP contribution in [0.2, 0.25) is 0 Å². The first-order valence-corrected chi connectivity index (χ1v) is 7.64. The van der Waals surface area contributed by atoms with Crippen molar-refractivity contribution >= 4 is 37.6 Å². The van der Waals surface area contributed by atoms with Crippen molar-refractivity contribution in [2.75, 3.05) is 0 Å². The van der Waals surface area contributed by atoms with Crippen molar-refractivity contribution in [3.05, 3.63) is 68.6 Å². The molecular formula is C15H12Br2N2. The van der Waals surface area contributed by atoms with Crippen LogP contribution >= 0.6 is 31.9 Å². The van der Waals surface area contributed by atoms with Crippen molar-refractivity contribution in [2.45, 2.75) is 12.5 Å². The summed E-state index contributed by atoms with van der Waals surface area (Å²) < 4.78 is 2.19. The first-order chi connectivity index (χ1) is 9.22. The van der Waals surface area contributed by atoms with Gasteiger partial charge in [-0.3, -0.25) is 0 Å². The van der Waals surface area contributed by atoms with Crippen LogP contribution < -0.4 is 5.43 Å². The van der Waals surface area contributed by atoms with Crippen LogP contribution in [0, 0.1) is 0 Å². The summed E-state index contributed by atoms with van der Waals surface area (Å²) in [6, 6.07) is 16.9. The highest BCUT2D eigenvalue weighted by atomic mass is 79.9. The van der Waals surface area contributed by atoms with Gasteiger partial charge in [0, 0.05) is 15.4 Å². The molecule has 0 spiro atoms. The molecule has 0 saturated heterocycles. The number of nitrogens with zero attached hydrogens (tertiary/aromatic N) is 1. The molecule has 1 atom stereocenters. The van der Waals surface area contributed by atoms with Gasteiger partial charge in [0.25, 0.3) is 0 Å².